The van der Waals surface area contributed by atoms with Crippen molar-refractivity contribution in [2.24, 2.45) is 0 Å². The first-order valence-electron chi connectivity index (χ1n) is 24.4. The van der Waals surface area contributed by atoms with Crippen molar-refractivity contribution in [3.63, 3.8) is 0 Å². The average Bonchev–Trinajstić information content (AvgIpc) is 3.26. The lowest BCUT2D eigenvalue weighted by molar-refractivity contribution is -0.220. The molecule has 1 aliphatic carbocycles. The van der Waals surface area contributed by atoms with Gasteiger partial charge in [0.2, 0.25) is 0 Å². The van der Waals surface area contributed by atoms with E-state index >= 15 is 0 Å². The molecular weight excluding hydrogens is 827 g/mol. The molecule has 0 aliphatic heterocycles. The third-order valence-electron chi connectivity index (χ3n) is 11.1. The minimum atomic E-state index is -5.12. The monoisotopic (exact) mass is 915 g/mol. The third-order valence-corrected chi connectivity index (χ3v) is 12.1. The predicted molar refractivity (Wildman–Crippen MR) is 249 cm³/mol. The summed E-state index contributed by atoms with van der Waals surface area (Å²) in [6.45, 7) is 3.24. The van der Waals surface area contributed by atoms with Crippen molar-refractivity contribution in [2.45, 2.75) is 236 Å². The summed E-state index contributed by atoms with van der Waals surface area (Å²) in [4.78, 5) is 35.8. The molecule has 0 saturated heterocycles. The second-order valence-corrected chi connectivity index (χ2v) is 18.4. The van der Waals surface area contributed by atoms with Crippen LogP contribution in [0.5, 0.6) is 0 Å². The number of rotatable bonds is 40. The lowest BCUT2D eigenvalue weighted by Crippen LogP contribution is -2.64. The fourth-order valence-corrected chi connectivity index (χ4v) is 8.14. The van der Waals surface area contributed by atoms with Crippen LogP contribution in [0.15, 0.2) is 48.6 Å². The Kier molecular flexibility index (Phi) is 36.4. The van der Waals surface area contributed by atoms with Crippen LogP contribution >= 0.6 is 7.82 Å². The first-order valence-corrected chi connectivity index (χ1v) is 25.9. The molecule has 0 heterocycles. The second kappa shape index (κ2) is 39.0. The third kappa shape index (κ3) is 31.4. The molecule has 366 valence electrons. The smallest absolute Gasteiger partial charge is 0.462 e. The Labute approximate surface area is 380 Å². The molecule has 1 aliphatic rings. The standard InChI is InChI=1S/C49H87O13P/c1-3-5-7-9-11-13-15-17-19-21-23-25-27-29-31-33-35-37-42(50)59-39-41(40-60-63(57,58)62-49-47(55)45(53)44(52)46(54)48(49)56)61-43(51)38-36-34-32-30-28-26-24-22-20-18-16-14-12-10-8-6-4-2/h11-14,17-20,41,44-49,52-56H,3-10,15-16,21-40H2,1-2H3,(H,57,58). The van der Waals surface area contributed by atoms with Crippen LogP contribution in [-0.2, 0) is 32.7 Å². The maximum atomic E-state index is 12.8. The number of ether oxygens (including phenoxy) is 2. The van der Waals surface area contributed by atoms with Gasteiger partial charge in [0.1, 0.15) is 43.2 Å². The van der Waals surface area contributed by atoms with E-state index < -0.39 is 75.7 Å². The number of phosphoric acid groups is 1. The van der Waals surface area contributed by atoms with Crippen LogP contribution in [0.25, 0.3) is 0 Å². The number of carbonyl (C=O) groups excluding carboxylic acids is 2. The van der Waals surface area contributed by atoms with E-state index in [1.165, 1.54) is 44.9 Å². The predicted octanol–water partition coefficient (Wildman–Crippen LogP) is 9.95. The van der Waals surface area contributed by atoms with Gasteiger partial charge >= 0.3 is 19.8 Å². The summed E-state index contributed by atoms with van der Waals surface area (Å²) in [7, 11) is -5.12. The van der Waals surface area contributed by atoms with E-state index in [1.807, 2.05) is 0 Å². The zero-order chi connectivity index (χ0) is 46.4. The molecule has 0 aromatic carbocycles. The van der Waals surface area contributed by atoms with Crippen molar-refractivity contribution in [1.29, 1.82) is 0 Å². The van der Waals surface area contributed by atoms with Crippen molar-refractivity contribution in [1.82, 2.24) is 0 Å². The summed E-state index contributed by atoms with van der Waals surface area (Å²) in [5.74, 6) is -1.12. The number of allylic oxidation sites excluding steroid dienone is 8. The number of esters is 2. The van der Waals surface area contributed by atoms with Gasteiger partial charge in [0.25, 0.3) is 0 Å². The van der Waals surface area contributed by atoms with Crippen LogP contribution in [0.2, 0.25) is 0 Å². The molecule has 1 fully saturated rings. The second-order valence-electron chi connectivity index (χ2n) is 17.0. The van der Waals surface area contributed by atoms with Gasteiger partial charge in [0.15, 0.2) is 6.10 Å². The molecule has 6 atom stereocenters. The number of aliphatic hydroxyl groups is 5. The molecule has 0 radical (unpaired) electrons. The Morgan fingerprint density at radius 2 is 0.857 bits per heavy atom. The lowest BCUT2D eigenvalue weighted by Gasteiger charge is -2.41. The molecular formula is C49H87O13P. The number of aliphatic hydroxyl groups excluding tert-OH is 5. The zero-order valence-corrected chi connectivity index (χ0v) is 39.8. The van der Waals surface area contributed by atoms with Gasteiger partial charge in [-0.25, -0.2) is 4.57 Å². The number of carbonyl (C=O) groups is 2. The highest BCUT2D eigenvalue weighted by molar-refractivity contribution is 7.47. The number of phosphoric ester groups is 1. The first kappa shape index (κ1) is 58.8. The molecule has 14 heteroatoms. The van der Waals surface area contributed by atoms with Crippen molar-refractivity contribution in [3.05, 3.63) is 48.6 Å². The average molecular weight is 915 g/mol. The summed E-state index contributed by atoms with van der Waals surface area (Å²) in [5.41, 5.74) is 0. The number of hydrogen-bond acceptors (Lipinski definition) is 12. The van der Waals surface area contributed by atoms with E-state index in [4.69, 9.17) is 18.5 Å². The van der Waals surface area contributed by atoms with Crippen LogP contribution in [0.1, 0.15) is 194 Å². The van der Waals surface area contributed by atoms with Crippen molar-refractivity contribution in [2.75, 3.05) is 13.2 Å². The van der Waals surface area contributed by atoms with Gasteiger partial charge in [-0.2, -0.15) is 0 Å². The Balaban J connectivity index is 2.44. The van der Waals surface area contributed by atoms with Crippen LogP contribution < -0.4 is 0 Å². The molecule has 6 N–H and O–H groups in total. The van der Waals surface area contributed by atoms with Gasteiger partial charge in [-0.3, -0.25) is 18.6 Å². The SMILES string of the molecule is CCCCCC=CCC=CCCCCCCCCCC(=O)OCC(COP(=O)(O)OC1C(O)C(O)C(O)C(O)C1O)OC(=O)CCCCCCCCCC=CCC=CCCCCC. The first-order chi connectivity index (χ1) is 30.4. The highest BCUT2D eigenvalue weighted by atomic mass is 31.2. The van der Waals surface area contributed by atoms with Gasteiger partial charge in [-0.15, -0.1) is 0 Å². The summed E-state index contributed by atoms with van der Waals surface area (Å²) < 4.78 is 33.6. The summed E-state index contributed by atoms with van der Waals surface area (Å²) in [6.07, 6.45) is 32.9. The van der Waals surface area contributed by atoms with E-state index in [0.717, 1.165) is 109 Å². The van der Waals surface area contributed by atoms with Gasteiger partial charge < -0.3 is 39.9 Å². The van der Waals surface area contributed by atoms with Gasteiger partial charge in [0, 0.05) is 12.8 Å². The number of hydrogen-bond donors (Lipinski definition) is 6. The van der Waals surface area contributed by atoms with Crippen molar-refractivity contribution in [3.8, 4) is 0 Å². The maximum Gasteiger partial charge on any atom is 0.472 e. The summed E-state index contributed by atoms with van der Waals surface area (Å²) in [5, 5.41) is 50.2. The van der Waals surface area contributed by atoms with E-state index in [1.54, 1.807) is 0 Å². The zero-order valence-electron chi connectivity index (χ0n) is 38.9. The summed E-state index contributed by atoms with van der Waals surface area (Å²) in [6, 6.07) is 0. The summed E-state index contributed by atoms with van der Waals surface area (Å²) >= 11 is 0. The minimum Gasteiger partial charge on any atom is -0.462 e. The maximum absolute atomic E-state index is 12.8. The molecule has 0 aromatic heterocycles. The molecule has 13 nitrogen and oxygen atoms in total. The van der Waals surface area contributed by atoms with Gasteiger partial charge in [0.05, 0.1) is 6.61 Å². The van der Waals surface area contributed by atoms with Crippen LogP contribution in [-0.4, -0.2) is 98.3 Å². The van der Waals surface area contributed by atoms with E-state index in [-0.39, 0.29) is 12.8 Å². The fourth-order valence-electron chi connectivity index (χ4n) is 7.17. The molecule has 0 spiro atoms. The van der Waals surface area contributed by atoms with Gasteiger partial charge in [-0.05, 0) is 77.0 Å². The van der Waals surface area contributed by atoms with Crippen molar-refractivity contribution >= 4 is 19.8 Å². The minimum absolute atomic E-state index is 0.0850. The topological polar surface area (TPSA) is 210 Å². The molecule has 6 unspecified atom stereocenters. The Morgan fingerprint density at radius 3 is 1.29 bits per heavy atom. The van der Waals surface area contributed by atoms with Gasteiger partial charge in [-0.1, -0.05) is 152 Å². The lowest BCUT2D eigenvalue weighted by atomic mass is 9.85. The van der Waals surface area contributed by atoms with E-state index in [2.05, 4.69) is 62.5 Å². The molecule has 63 heavy (non-hydrogen) atoms. The molecule has 1 saturated carbocycles. The fraction of sp³-hybridized carbons (Fsp3) is 0.796. The van der Waals surface area contributed by atoms with E-state index in [9.17, 15) is 44.6 Å². The Morgan fingerprint density at radius 1 is 0.492 bits per heavy atom. The molecule has 0 amide bonds. The van der Waals surface area contributed by atoms with Crippen LogP contribution in [0.3, 0.4) is 0 Å². The Hall–Kier alpha value is -2.19. The van der Waals surface area contributed by atoms with E-state index in [0.29, 0.717) is 12.8 Å². The van der Waals surface area contributed by atoms with Crippen LogP contribution in [0.4, 0.5) is 0 Å². The number of unbranched alkanes of at least 4 members (excludes halogenated alkanes) is 20. The van der Waals surface area contributed by atoms with Crippen LogP contribution in [0, 0.1) is 0 Å². The quantitative estimate of drug-likeness (QED) is 0.0147. The highest BCUT2D eigenvalue weighted by Gasteiger charge is 2.51. The van der Waals surface area contributed by atoms with Crippen molar-refractivity contribution < 1.29 is 63.1 Å². The molecule has 1 rings (SSSR count). The Bertz CT molecular complexity index is 1290. The largest absolute Gasteiger partial charge is 0.472 e. The molecule has 0 aromatic rings. The molecule has 0 bridgehead atoms. The highest BCUT2D eigenvalue weighted by Crippen LogP contribution is 2.47. The normalized spacial score (nSPS) is 22.1.